The number of ether oxygens (including phenoxy) is 2. The van der Waals surface area contributed by atoms with Crippen molar-refractivity contribution in [2.45, 2.75) is 68.2 Å². The molecule has 0 unspecified atom stereocenters. The largest absolute Gasteiger partial charge is 0.461 e. The van der Waals surface area contributed by atoms with E-state index in [9.17, 15) is 26.0 Å². The van der Waals surface area contributed by atoms with E-state index in [2.05, 4.69) is 41.3 Å². The van der Waals surface area contributed by atoms with Crippen molar-refractivity contribution in [1.82, 2.24) is 9.47 Å². The molecule has 1 aliphatic carbocycles. The van der Waals surface area contributed by atoms with Gasteiger partial charge in [0.15, 0.2) is 0 Å². The van der Waals surface area contributed by atoms with E-state index in [0.717, 1.165) is 55.0 Å². The van der Waals surface area contributed by atoms with Gasteiger partial charge in [-0.3, -0.25) is 4.90 Å². The SMILES string of the molecule is CC[C@]1(N(C)CCOC)CC[C@H](Nc2cccc3c2cc(C#CCNc2ccc(S(N)(=O)=O)cc2OCF)n3CC(F)(F)F)CC1. The van der Waals surface area contributed by atoms with Crippen molar-refractivity contribution < 1.29 is 35.5 Å². The van der Waals surface area contributed by atoms with E-state index in [4.69, 9.17) is 14.6 Å². The van der Waals surface area contributed by atoms with Crippen LogP contribution in [0.25, 0.3) is 10.9 Å². The molecule has 3 aromatic rings. The third-order valence-corrected chi connectivity index (χ3v) is 9.64. The molecule has 2 aromatic carbocycles. The van der Waals surface area contributed by atoms with E-state index < -0.39 is 29.6 Å². The number of nitrogens with one attached hydrogen (secondary N) is 2. The van der Waals surface area contributed by atoms with Gasteiger partial charge >= 0.3 is 6.18 Å². The minimum Gasteiger partial charge on any atom is -0.461 e. The molecule has 0 bridgehead atoms. The molecule has 9 nitrogen and oxygen atoms in total. The Bertz CT molecular complexity index is 1660. The lowest BCUT2D eigenvalue weighted by atomic mass is 9.76. The third kappa shape index (κ3) is 8.64. The molecule has 0 amide bonds. The van der Waals surface area contributed by atoms with Crippen molar-refractivity contribution in [3.63, 3.8) is 0 Å². The first-order chi connectivity index (χ1) is 21.8. The quantitative estimate of drug-likeness (QED) is 0.158. The molecule has 1 heterocycles. The Labute approximate surface area is 267 Å². The van der Waals surface area contributed by atoms with Crippen LogP contribution in [0.3, 0.4) is 0 Å². The van der Waals surface area contributed by atoms with Crippen molar-refractivity contribution in [2.75, 3.05) is 51.3 Å². The van der Waals surface area contributed by atoms with E-state index in [1.165, 1.54) is 12.1 Å². The Morgan fingerprint density at radius 2 is 1.89 bits per heavy atom. The van der Waals surface area contributed by atoms with E-state index in [1.807, 2.05) is 6.07 Å². The van der Waals surface area contributed by atoms with Gasteiger partial charge in [-0.15, -0.1) is 0 Å². The maximum absolute atomic E-state index is 13.7. The summed E-state index contributed by atoms with van der Waals surface area (Å²) in [7, 11) is -0.207. The normalized spacial score (nSPS) is 18.8. The second-order valence-electron chi connectivity index (χ2n) is 11.5. The zero-order chi connectivity index (χ0) is 33.5. The van der Waals surface area contributed by atoms with Gasteiger partial charge in [-0.2, -0.15) is 13.2 Å². The van der Waals surface area contributed by atoms with Gasteiger partial charge in [0.1, 0.15) is 12.3 Å². The molecule has 1 fully saturated rings. The smallest absolute Gasteiger partial charge is 0.406 e. The second kappa shape index (κ2) is 14.9. The number of alkyl halides is 4. The number of rotatable bonds is 13. The highest BCUT2D eigenvalue weighted by molar-refractivity contribution is 7.89. The van der Waals surface area contributed by atoms with Crippen LogP contribution in [0.15, 0.2) is 47.4 Å². The monoisotopic (exact) mass is 667 g/mol. The van der Waals surface area contributed by atoms with Crippen LogP contribution in [-0.2, 0) is 21.3 Å². The Hall–Kier alpha value is -3.51. The molecule has 1 aliphatic rings. The van der Waals surface area contributed by atoms with Gasteiger partial charge in [-0.05, 0) is 75.4 Å². The fourth-order valence-electron chi connectivity index (χ4n) is 6.13. The number of hydrogen-bond acceptors (Lipinski definition) is 7. The van der Waals surface area contributed by atoms with Crippen molar-refractivity contribution in [3.8, 4) is 17.6 Å². The molecule has 4 N–H and O–H groups in total. The summed E-state index contributed by atoms with van der Waals surface area (Å²) < 4.78 is 88.6. The Morgan fingerprint density at radius 3 is 2.52 bits per heavy atom. The van der Waals surface area contributed by atoms with Crippen molar-refractivity contribution >= 4 is 32.3 Å². The van der Waals surface area contributed by atoms with E-state index >= 15 is 0 Å². The molecule has 4 rings (SSSR count). The topological polar surface area (TPSA) is 111 Å². The summed E-state index contributed by atoms with van der Waals surface area (Å²) in [4.78, 5) is 2.12. The number of aromatic nitrogens is 1. The second-order valence-corrected chi connectivity index (χ2v) is 13.1. The number of sulfonamides is 1. The average Bonchev–Trinajstić information content (AvgIpc) is 3.35. The highest BCUT2D eigenvalue weighted by Crippen LogP contribution is 2.38. The molecule has 46 heavy (non-hydrogen) atoms. The van der Waals surface area contributed by atoms with Gasteiger partial charge in [-0.1, -0.05) is 18.9 Å². The number of nitrogens with zero attached hydrogens (tertiary/aromatic N) is 2. The first kappa shape index (κ1) is 35.3. The molecule has 1 saturated carbocycles. The summed E-state index contributed by atoms with van der Waals surface area (Å²) in [5.41, 5.74) is 1.69. The minimum atomic E-state index is -4.48. The summed E-state index contributed by atoms with van der Waals surface area (Å²) in [5, 5.41) is 12.3. The first-order valence-corrected chi connectivity index (χ1v) is 16.6. The number of likely N-dealkylation sites (N-methyl/N-ethyl adjacent to an activating group) is 1. The van der Waals surface area contributed by atoms with Gasteiger partial charge in [0, 0.05) is 42.4 Å². The van der Waals surface area contributed by atoms with Crippen molar-refractivity contribution in [2.24, 2.45) is 5.14 Å². The number of anilines is 2. The Morgan fingerprint density at radius 1 is 1.15 bits per heavy atom. The molecule has 0 saturated heterocycles. The van der Waals surface area contributed by atoms with Crippen LogP contribution >= 0.6 is 0 Å². The molecule has 0 spiro atoms. The van der Waals surface area contributed by atoms with Crippen molar-refractivity contribution in [3.05, 3.63) is 48.2 Å². The van der Waals surface area contributed by atoms with Crippen LogP contribution in [-0.4, -0.2) is 76.4 Å². The minimum absolute atomic E-state index is 0.0455. The van der Waals surface area contributed by atoms with Crippen LogP contribution in [0.1, 0.15) is 44.7 Å². The average molecular weight is 668 g/mol. The standard InChI is InChI=1S/C32H41F4N5O4S/c1-4-31(40(2)17-18-44-3)14-12-23(13-15-31)39-27-8-5-9-29-26(27)19-24(41(29)21-32(34,35)36)7-6-16-38-28-11-10-25(46(37,42)43)20-30(28)45-22-33/h5,8-11,19-20,23,38-39H,4,12-18,21-22H2,1-3H3,(H2,37,42,43)/t23-,31-. The van der Waals surface area contributed by atoms with Crippen LogP contribution in [0.5, 0.6) is 5.75 Å². The van der Waals surface area contributed by atoms with Crippen molar-refractivity contribution in [1.29, 1.82) is 0 Å². The summed E-state index contributed by atoms with van der Waals surface area (Å²) >= 11 is 0. The molecule has 0 atom stereocenters. The zero-order valence-corrected chi connectivity index (χ0v) is 27.0. The molecule has 0 radical (unpaired) electrons. The number of fused-ring (bicyclic) bond motifs is 1. The molecule has 14 heteroatoms. The third-order valence-electron chi connectivity index (χ3n) is 8.73. The Balaban J connectivity index is 1.55. The zero-order valence-electron chi connectivity index (χ0n) is 26.2. The van der Waals surface area contributed by atoms with Crippen LogP contribution in [0, 0.1) is 11.8 Å². The van der Waals surface area contributed by atoms with Gasteiger partial charge < -0.3 is 24.7 Å². The fourth-order valence-corrected chi connectivity index (χ4v) is 6.66. The molecular formula is C32H41F4N5O4S. The summed E-state index contributed by atoms with van der Waals surface area (Å²) in [6.07, 6.45) is 0.399. The number of benzene rings is 2. The maximum atomic E-state index is 13.7. The van der Waals surface area contributed by atoms with Gasteiger partial charge in [0.25, 0.3) is 0 Å². The lowest BCUT2D eigenvalue weighted by molar-refractivity contribution is -0.140. The number of hydrogen-bond donors (Lipinski definition) is 3. The number of primary sulfonamides is 1. The summed E-state index contributed by atoms with van der Waals surface area (Å²) in [5.74, 6) is 5.56. The number of methoxy groups -OCH3 is 1. The van der Waals surface area contributed by atoms with Gasteiger partial charge in [0.2, 0.25) is 16.9 Å². The molecule has 252 valence electrons. The molecular weight excluding hydrogens is 626 g/mol. The first-order valence-electron chi connectivity index (χ1n) is 15.0. The van der Waals surface area contributed by atoms with Gasteiger partial charge in [0.05, 0.1) is 34.9 Å². The summed E-state index contributed by atoms with van der Waals surface area (Å²) in [6, 6.07) is 10.7. The predicted octanol–water partition coefficient (Wildman–Crippen LogP) is 5.70. The Kier molecular flexibility index (Phi) is 11.5. The van der Waals surface area contributed by atoms with Crippen LogP contribution in [0.2, 0.25) is 0 Å². The lowest BCUT2D eigenvalue weighted by Crippen LogP contribution is -2.51. The predicted molar refractivity (Wildman–Crippen MR) is 171 cm³/mol. The van der Waals surface area contributed by atoms with E-state index in [0.29, 0.717) is 17.5 Å². The maximum Gasteiger partial charge on any atom is 0.406 e. The van der Waals surface area contributed by atoms with Gasteiger partial charge in [-0.25, -0.2) is 17.9 Å². The molecule has 0 aliphatic heterocycles. The van der Waals surface area contributed by atoms with Crippen LogP contribution in [0.4, 0.5) is 28.9 Å². The summed E-state index contributed by atoms with van der Waals surface area (Å²) in [6.45, 7) is 1.26. The molecule has 1 aromatic heterocycles. The lowest BCUT2D eigenvalue weighted by Gasteiger charge is -2.46. The van der Waals surface area contributed by atoms with E-state index in [1.54, 1.807) is 25.3 Å². The highest BCUT2D eigenvalue weighted by Gasteiger charge is 2.37. The van der Waals surface area contributed by atoms with Crippen LogP contribution < -0.4 is 20.5 Å². The highest BCUT2D eigenvalue weighted by atomic mass is 32.2. The fraction of sp³-hybridized carbons (Fsp3) is 0.500. The number of halogens is 4. The van der Waals surface area contributed by atoms with E-state index in [-0.39, 0.29) is 40.2 Å². The number of nitrogens with two attached hydrogens (primary N) is 1.